The van der Waals surface area contributed by atoms with Crippen LogP contribution in [-0.2, 0) is 16.5 Å². The maximum absolute atomic E-state index is 0. The Balaban J connectivity index is 0. The molecule has 0 aliphatic rings. The maximum Gasteiger partial charge on any atom is 2.00 e. The standard InChI is InChI=1S/4H3N.Ni/h4*1H3;/q;;;;+2. The SMILES string of the molecule is N.N.N.N.[Ni+2]. The predicted octanol–water partition coefficient (Wildman–Crippen LogP) is 0.645. The average Bonchev–Trinajstić information content (AvgIpc) is 0. The van der Waals surface area contributed by atoms with Crippen molar-refractivity contribution in [3.05, 3.63) is 0 Å². The van der Waals surface area contributed by atoms with E-state index in [0.717, 1.165) is 0 Å². The second-order valence-electron chi connectivity index (χ2n) is 0. The summed E-state index contributed by atoms with van der Waals surface area (Å²) in [6.07, 6.45) is 0. The molecule has 40 valence electrons. The van der Waals surface area contributed by atoms with Crippen molar-refractivity contribution in [1.82, 2.24) is 24.6 Å². The minimum Gasteiger partial charge on any atom is -0.344 e. The van der Waals surface area contributed by atoms with Crippen molar-refractivity contribution < 1.29 is 16.5 Å². The van der Waals surface area contributed by atoms with E-state index in [9.17, 15) is 0 Å². The summed E-state index contributed by atoms with van der Waals surface area (Å²) in [5, 5.41) is 0. The Morgan fingerprint density at radius 1 is 0.400 bits per heavy atom. The summed E-state index contributed by atoms with van der Waals surface area (Å²) in [5.41, 5.74) is 0. The molecule has 0 saturated carbocycles. The van der Waals surface area contributed by atoms with Gasteiger partial charge in [-0.05, 0) is 0 Å². The van der Waals surface area contributed by atoms with E-state index in [1.807, 2.05) is 0 Å². The largest absolute Gasteiger partial charge is 2.00 e. The van der Waals surface area contributed by atoms with Crippen molar-refractivity contribution in [2.45, 2.75) is 0 Å². The minimum atomic E-state index is 0. The zero-order valence-electron chi connectivity index (χ0n) is 3.14. The molecule has 0 fully saturated rings. The molecule has 0 amide bonds. The van der Waals surface area contributed by atoms with Crippen LogP contribution < -0.4 is 24.6 Å². The first-order chi connectivity index (χ1) is 0. The van der Waals surface area contributed by atoms with Gasteiger partial charge in [0.25, 0.3) is 0 Å². The Bertz CT molecular complexity index is 3.61. The van der Waals surface area contributed by atoms with Crippen LogP contribution in [0.5, 0.6) is 0 Å². The number of rotatable bonds is 0. The summed E-state index contributed by atoms with van der Waals surface area (Å²) < 4.78 is 0. The fraction of sp³-hybridized carbons (Fsp3) is 0. The van der Waals surface area contributed by atoms with Gasteiger partial charge in [0.1, 0.15) is 0 Å². The van der Waals surface area contributed by atoms with Crippen molar-refractivity contribution in [3.63, 3.8) is 0 Å². The smallest absolute Gasteiger partial charge is 0.344 e. The van der Waals surface area contributed by atoms with E-state index < -0.39 is 0 Å². The van der Waals surface area contributed by atoms with Gasteiger partial charge < -0.3 is 24.6 Å². The van der Waals surface area contributed by atoms with Crippen molar-refractivity contribution in [2.24, 2.45) is 0 Å². The number of hydrogen-bond acceptors (Lipinski definition) is 4. The zero-order chi connectivity index (χ0) is 0. The van der Waals surface area contributed by atoms with Crippen LogP contribution in [0.2, 0.25) is 0 Å². The molecule has 0 aromatic rings. The first kappa shape index (κ1) is 900. The van der Waals surface area contributed by atoms with Gasteiger partial charge in [-0.2, -0.15) is 0 Å². The molecule has 0 unspecified atom stereocenters. The van der Waals surface area contributed by atoms with Gasteiger partial charge in [-0.25, -0.2) is 0 Å². The van der Waals surface area contributed by atoms with Gasteiger partial charge in [0.05, 0.1) is 0 Å². The van der Waals surface area contributed by atoms with Crippen LogP contribution >= 0.6 is 0 Å². The maximum atomic E-state index is 0. The molecule has 0 aliphatic carbocycles. The second-order valence-corrected chi connectivity index (χ2v) is 0. The summed E-state index contributed by atoms with van der Waals surface area (Å²) in [5.74, 6) is 0. The Hall–Kier alpha value is 0.334. The van der Waals surface area contributed by atoms with Gasteiger partial charge in [0, 0.05) is 0 Å². The average molecular weight is 127 g/mol. The Morgan fingerprint density at radius 3 is 0.400 bits per heavy atom. The summed E-state index contributed by atoms with van der Waals surface area (Å²) >= 11 is 0. The van der Waals surface area contributed by atoms with Crippen molar-refractivity contribution in [2.75, 3.05) is 0 Å². The predicted molar refractivity (Wildman–Crippen MR) is 20.1 cm³/mol. The van der Waals surface area contributed by atoms with Gasteiger partial charge in [-0.15, -0.1) is 0 Å². The Labute approximate surface area is 42.0 Å². The second kappa shape index (κ2) is 433. The van der Waals surface area contributed by atoms with Crippen molar-refractivity contribution in [1.29, 1.82) is 0 Å². The van der Waals surface area contributed by atoms with Crippen LogP contribution in [0.4, 0.5) is 0 Å². The molecular formula is H12N4Ni+2. The van der Waals surface area contributed by atoms with Crippen LogP contribution in [0.15, 0.2) is 0 Å². The molecule has 0 rings (SSSR count). The normalized spacial score (nSPS) is 0. The van der Waals surface area contributed by atoms with Crippen molar-refractivity contribution in [3.8, 4) is 0 Å². The topological polar surface area (TPSA) is 140 Å². The van der Waals surface area contributed by atoms with Crippen LogP contribution in [0.3, 0.4) is 0 Å². The van der Waals surface area contributed by atoms with Gasteiger partial charge in [0.15, 0.2) is 0 Å². The molecule has 0 atom stereocenters. The third kappa shape index (κ3) is 212. The summed E-state index contributed by atoms with van der Waals surface area (Å²) in [6, 6.07) is 0. The molecule has 4 nitrogen and oxygen atoms in total. The van der Waals surface area contributed by atoms with Crippen molar-refractivity contribution >= 4 is 0 Å². The van der Waals surface area contributed by atoms with E-state index in [4.69, 9.17) is 0 Å². The quantitative estimate of drug-likeness (QED) is 0.354. The van der Waals surface area contributed by atoms with E-state index in [-0.39, 0.29) is 41.1 Å². The molecule has 0 spiro atoms. The monoisotopic (exact) mass is 126 g/mol. The molecule has 5 heteroatoms. The third-order valence-electron chi connectivity index (χ3n) is 0. The minimum absolute atomic E-state index is 0. The molecule has 0 bridgehead atoms. The van der Waals surface area contributed by atoms with E-state index in [1.54, 1.807) is 0 Å². The van der Waals surface area contributed by atoms with Gasteiger partial charge in [-0.3, -0.25) is 0 Å². The Morgan fingerprint density at radius 2 is 0.400 bits per heavy atom. The first-order valence-corrected chi connectivity index (χ1v) is 0. The molecule has 0 aromatic heterocycles. The summed E-state index contributed by atoms with van der Waals surface area (Å²) in [7, 11) is 0. The molecule has 0 aliphatic heterocycles. The van der Waals surface area contributed by atoms with E-state index in [0.29, 0.717) is 0 Å². The van der Waals surface area contributed by atoms with Gasteiger partial charge >= 0.3 is 16.5 Å². The zero-order valence-corrected chi connectivity index (χ0v) is 4.13. The Kier molecular flexibility index (Phi) is 78000. The van der Waals surface area contributed by atoms with Gasteiger partial charge in [0.2, 0.25) is 0 Å². The van der Waals surface area contributed by atoms with E-state index in [1.165, 1.54) is 0 Å². The fourth-order valence-corrected chi connectivity index (χ4v) is 0. The molecule has 0 heterocycles. The van der Waals surface area contributed by atoms with Crippen LogP contribution in [0, 0.1) is 0 Å². The third-order valence-corrected chi connectivity index (χ3v) is 0. The fourth-order valence-electron chi connectivity index (χ4n) is 0. The van der Waals surface area contributed by atoms with Crippen LogP contribution in [-0.4, -0.2) is 0 Å². The molecule has 0 radical (unpaired) electrons. The molecule has 12 N–H and O–H groups in total. The molecular weight excluding hydrogens is 115 g/mol. The summed E-state index contributed by atoms with van der Waals surface area (Å²) in [6.45, 7) is 0. The van der Waals surface area contributed by atoms with Crippen LogP contribution in [0.1, 0.15) is 0 Å². The molecule has 0 aromatic carbocycles. The molecule has 0 saturated heterocycles. The molecule has 5 heavy (non-hydrogen) atoms. The van der Waals surface area contributed by atoms with Crippen LogP contribution in [0.25, 0.3) is 0 Å². The van der Waals surface area contributed by atoms with E-state index >= 15 is 0 Å². The number of hydrogen-bond donors (Lipinski definition) is 4. The van der Waals surface area contributed by atoms with E-state index in [2.05, 4.69) is 0 Å². The first-order valence-electron chi connectivity index (χ1n) is 0. The van der Waals surface area contributed by atoms with Gasteiger partial charge in [-0.1, -0.05) is 0 Å². The summed E-state index contributed by atoms with van der Waals surface area (Å²) in [4.78, 5) is 0.